The summed E-state index contributed by atoms with van der Waals surface area (Å²) in [5, 5.41) is 9.54. The maximum Gasteiger partial charge on any atom is 0.276 e. The Kier molecular flexibility index (Phi) is 4.32. The topological polar surface area (TPSA) is 61.0 Å². The van der Waals surface area contributed by atoms with Crippen LogP contribution in [0.5, 0.6) is 0 Å². The summed E-state index contributed by atoms with van der Waals surface area (Å²) < 4.78 is 14.2. The number of para-hydroxylation sites is 1. The highest BCUT2D eigenvalue weighted by Crippen LogP contribution is 2.31. The summed E-state index contributed by atoms with van der Waals surface area (Å²) in [4.78, 5) is 14.5. The molecular formula is C17H21FN4O. The second-order valence-electron chi connectivity index (χ2n) is 6.15. The molecule has 0 saturated carbocycles. The van der Waals surface area contributed by atoms with Gasteiger partial charge in [-0.1, -0.05) is 19.9 Å². The number of aromatic nitrogens is 2. The molecule has 2 N–H and O–H groups in total. The van der Waals surface area contributed by atoms with E-state index in [1.807, 2.05) is 19.9 Å². The summed E-state index contributed by atoms with van der Waals surface area (Å²) in [6.07, 6.45) is 2.17. The zero-order chi connectivity index (χ0) is 16.4. The van der Waals surface area contributed by atoms with Gasteiger partial charge in [-0.3, -0.25) is 9.89 Å². The lowest BCUT2D eigenvalue weighted by atomic mass is 10.1. The Labute approximate surface area is 134 Å². The van der Waals surface area contributed by atoms with Crippen LogP contribution in [-0.4, -0.2) is 29.2 Å². The first-order valence-corrected chi connectivity index (χ1v) is 7.96. The molecule has 0 unspecified atom stereocenters. The highest BCUT2D eigenvalue weighted by Gasteiger charge is 2.21. The maximum atomic E-state index is 14.2. The lowest BCUT2D eigenvalue weighted by molar-refractivity contribution is 0.102. The first-order chi connectivity index (χ1) is 11.1. The van der Waals surface area contributed by atoms with Crippen molar-refractivity contribution >= 4 is 17.3 Å². The Hall–Kier alpha value is -2.37. The molecular weight excluding hydrogens is 295 g/mol. The van der Waals surface area contributed by atoms with Crippen molar-refractivity contribution in [2.75, 3.05) is 23.3 Å². The van der Waals surface area contributed by atoms with E-state index < -0.39 is 11.7 Å². The normalized spacial score (nSPS) is 14.5. The number of hydrogen-bond donors (Lipinski definition) is 2. The molecule has 1 fully saturated rings. The van der Waals surface area contributed by atoms with E-state index in [4.69, 9.17) is 0 Å². The molecule has 2 aromatic rings. The zero-order valence-corrected chi connectivity index (χ0v) is 13.4. The van der Waals surface area contributed by atoms with Crippen molar-refractivity contribution in [1.82, 2.24) is 10.2 Å². The van der Waals surface area contributed by atoms with Crippen LogP contribution in [0.15, 0.2) is 24.3 Å². The number of rotatable bonds is 4. The Morgan fingerprint density at radius 2 is 2.09 bits per heavy atom. The smallest absolute Gasteiger partial charge is 0.276 e. The third-order valence-corrected chi connectivity index (χ3v) is 4.13. The molecule has 0 radical (unpaired) electrons. The lowest BCUT2D eigenvalue weighted by Crippen LogP contribution is -2.22. The van der Waals surface area contributed by atoms with Crippen molar-refractivity contribution < 1.29 is 9.18 Å². The van der Waals surface area contributed by atoms with Crippen LogP contribution in [0.4, 0.5) is 15.8 Å². The highest BCUT2D eigenvalue weighted by molar-refractivity contribution is 6.04. The third kappa shape index (κ3) is 3.21. The summed E-state index contributed by atoms with van der Waals surface area (Å²) >= 11 is 0. The van der Waals surface area contributed by atoms with Crippen LogP contribution in [0.25, 0.3) is 0 Å². The number of amides is 1. The van der Waals surface area contributed by atoms with Gasteiger partial charge >= 0.3 is 0 Å². The van der Waals surface area contributed by atoms with Gasteiger partial charge in [0.2, 0.25) is 0 Å². The van der Waals surface area contributed by atoms with Crippen LogP contribution in [0, 0.1) is 5.82 Å². The van der Waals surface area contributed by atoms with E-state index in [9.17, 15) is 9.18 Å². The molecule has 1 aromatic carbocycles. The largest absolute Gasteiger partial charge is 0.370 e. The monoisotopic (exact) mass is 316 g/mol. The molecule has 122 valence electrons. The van der Waals surface area contributed by atoms with Crippen molar-refractivity contribution in [3.63, 3.8) is 0 Å². The van der Waals surface area contributed by atoms with Gasteiger partial charge in [0.1, 0.15) is 11.5 Å². The maximum absolute atomic E-state index is 14.2. The minimum absolute atomic E-state index is 0.230. The van der Waals surface area contributed by atoms with Crippen LogP contribution in [-0.2, 0) is 0 Å². The standard InChI is InChI=1S/C17H21FN4O/c1-11(2)13-10-14(21-20-13)17(23)19-16-12(18)6-5-7-15(16)22-8-3-4-9-22/h5-7,10-11H,3-4,8-9H2,1-2H3,(H,19,23)(H,20,21). The fourth-order valence-electron chi connectivity index (χ4n) is 2.78. The van der Waals surface area contributed by atoms with E-state index in [2.05, 4.69) is 20.4 Å². The summed E-state index contributed by atoms with van der Waals surface area (Å²) in [6, 6.07) is 6.58. The van der Waals surface area contributed by atoms with Gasteiger partial charge in [-0.15, -0.1) is 0 Å². The van der Waals surface area contributed by atoms with Gasteiger partial charge < -0.3 is 10.2 Å². The fraction of sp³-hybridized carbons (Fsp3) is 0.412. The average molecular weight is 316 g/mol. The number of carbonyl (C=O) groups excluding carboxylic acids is 1. The van der Waals surface area contributed by atoms with Gasteiger partial charge in [-0.2, -0.15) is 5.10 Å². The minimum Gasteiger partial charge on any atom is -0.370 e. The predicted octanol–water partition coefficient (Wildman–Crippen LogP) is 3.52. The number of nitrogens with one attached hydrogen (secondary N) is 2. The van der Waals surface area contributed by atoms with Crippen LogP contribution in [0.1, 0.15) is 48.8 Å². The fourth-order valence-corrected chi connectivity index (χ4v) is 2.78. The zero-order valence-electron chi connectivity index (χ0n) is 13.4. The van der Waals surface area contributed by atoms with Crippen LogP contribution < -0.4 is 10.2 Å². The molecule has 0 bridgehead atoms. The van der Waals surface area contributed by atoms with Gasteiger partial charge in [0, 0.05) is 18.8 Å². The molecule has 5 nitrogen and oxygen atoms in total. The third-order valence-electron chi connectivity index (χ3n) is 4.13. The van der Waals surface area contributed by atoms with Crippen LogP contribution >= 0.6 is 0 Å². The number of anilines is 2. The van der Waals surface area contributed by atoms with E-state index in [1.54, 1.807) is 12.1 Å². The van der Waals surface area contributed by atoms with Crippen molar-refractivity contribution in [3.8, 4) is 0 Å². The molecule has 1 aromatic heterocycles. The Morgan fingerprint density at radius 1 is 1.35 bits per heavy atom. The Morgan fingerprint density at radius 3 is 2.74 bits per heavy atom. The molecule has 0 spiro atoms. The molecule has 2 heterocycles. The number of halogens is 1. The van der Waals surface area contributed by atoms with Crippen LogP contribution in [0.3, 0.4) is 0 Å². The summed E-state index contributed by atoms with van der Waals surface area (Å²) in [5.41, 5.74) is 2.11. The average Bonchev–Trinajstić information content (AvgIpc) is 3.20. The molecule has 1 aliphatic rings. The summed E-state index contributed by atoms with van der Waals surface area (Å²) in [6.45, 7) is 5.79. The number of hydrogen-bond acceptors (Lipinski definition) is 3. The number of benzene rings is 1. The summed E-state index contributed by atoms with van der Waals surface area (Å²) in [5.74, 6) is -0.585. The Bertz CT molecular complexity index is 704. The van der Waals surface area contributed by atoms with E-state index >= 15 is 0 Å². The van der Waals surface area contributed by atoms with E-state index in [1.165, 1.54) is 6.07 Å². The summed E-state index contributed by atoms with van der Waals surface area (Å²) in [7, 11) is 0. The molecule has 6 heteroatoms. The van der Waals surface area contributed by atoms with Crippen LogP contribution in [0.2, 0.25) is 0 Å². The van der Waals surface area contributed by atoms with Gasteiger partial charge in [-0.05, 0) is 37.0 Å². The molecule has 1 saturated heterocycles. The van der Waals surface area contributed by atoms with Crippen molar-refractivity contribution in [1.29, 1.82) is 0 Å². The minimum atomic E-state index is -0.428. The second kappa shape index (κ2) is 6.40. The molecule has 23 heavy (non-hydrogen) atoms. The Balaban J connectivity index is 1.85. The predicted molar refractivity (Wildman–Crippen MR) is 88.5 cm³/mol. The molecule has 1 aliphatic heterocycles. The van der Waals surface area contributed by atoms with E-state index in [0.29, 0.717) is 0 Å². The SMILES string of the molecule is CC(C)c1cc(C(=O)Nc2c(F)cccc2N2CCCC2)n[nH]1. The van der Waals surface area contributed by atoms with E-state index in [0.717, 1.165) is 37.3 Å². The number of aromatic amines is 1. The van der Waals surface area contributed by atoms with Gasteiger partial charge in [0.25, 0.3) is 5.91 Å². The quantitative estimate of drug-likeness (QED) is 0.907. The molecule has 1 amide bonds. The first kappa shape index (κ1) is 15.5. The lowest BCUT2D eigenvalue weighted by Gasteiger charge is -2.21. The van der Waals surface area contributed by atoms with Gasteiger partial charge in [0.05, 0.1) is 5.69 Å². The molecule has 0 aliphatic carbocycles. The van der Waals surface area contributed by atoms with E-state index in [-0.39, 0.29) is 17.3 Å². The van der Waals surface area contributed by atoms with Crippen molar-refractivity contribution in [2.24, 2.45) is 0 Å². The number of H-pyrrole nitrogens is 1. The van der Waals surface area contributed by atoms with Gasteiger partial charge in [-0.25, -0.2) is 4.39 Å². The highest BCUT2D eigenvalue weighted by atomic mass is 19.1. The number of carbonyl (C=O) groups is 1. The number of nitrogens with zero attached hydrogens (tertiary/aromatic N) is 2. The first-order valence-electron chi connectivity index (χ1n) is 7.96. The van der Waals surface area contributed by atoms with Crippen molar-refractivity contribution in [2.45, 2.75) is 32.6 Å². The molecule has 0 atom stereocenters. The molecule has 3 rings (SSSR count). The second-order valence-corrected chi connectivity index (χ2v) is 6.15. The van der Waals surface area contributed by atoms with Crippen molar-refractivity contribution in [3.05, 3.63) is 41.5 Å². The van der Waals surface area contributed by atoms with Gasteiger partial charge in [0.15, 0.2) is 5.69 Å².